The summed E-state index contributed by atoms with van der Waals surface area (Å²) in [6, 6.07) is 7.92. The van der Waals surface area contributed by atoms with Gasteiger partial charge < -0.3 is 15.5 Å². The number of nitro groups is 1. The summed E-state index contributed by atoms with van der Waals surface area (Å²) >= 11 is 0. The Morgan fingerprint density at radius 3 is 2.74 bits per heavy atom. The molecule has 0 unspecified atom stereocenters. The number of non-ortho nitro benzene ring substituents is 1. The number of anilines is 1. The third-order valence-electron chi connectivity index (χ3n) is 4.00. The molecular formula is C15H17N5O3. The summed E-state index contributed by atoms with van der Waals surface area (Å²) in [5.41, 5.74) is 6.10. The standard InChI is InChI=1S/C15H17N5O3/c16-15(21)19-7-1-6-18(8-9-19)14-5-2-11-10-12(20(22)23)3-4-13(11)17-14/h2-5,10H,1,6-9H2,(H2,16,21). The van der Waals surface area contributed by atoms with Gasteiger partial charge in [-0.05, 0) is 24.6 Å². The molecule has 23 heavy (non-hydrogen) atoms. The SMILES string of the molecule is NC(=O)N1CCCN(c2ccc3cc([N+](=O)[O-])ccc3n2)CC1. The van der Waals surface area contributed by atoms with Crippen LogP contribution in [0, 0.1) is 10.1 Å². The van der Waals surface area contributed by atoms with Gasteiger partial charge in [-0.15, -0.1) is 0 Å². The predicted octanol–water partition coefficient (Wildman–Crippen LogP) is 1.73. The average Bonchev–Trinajstić information content (AvgIpc) is 2.80. The van der Waals surface area contributed by atoms with Crippen LogP contribution in [0.3, 0.4) is 0 Å². The lowest BCUT2D eigenvalue weighted by Gasteiger charge is -2.22. The second-order valence-corrected chi connectivity index (χ2v) is 5.47. The van der Waals surface area contributed by atoms with Gasteiger partial charge in [0.15, 0.2) is 0 Å². The van der Waals surface area contributed by atoms with Crippen molar-refractivity contribution in [3.05, 3.63) is 40.4 Å². The summed E-state index contributed by atoms with van der Waals surface area (Å²) in [6.07, 6.45) is 0.822. The van der Waals surface area contributed by atoms with Crippen LogP contribution in [-0.4, -0.2) is 47.0 Å². The second kappa shape index (κ2) is 6.07. The Labute approximate surface area is 132 Å². The number of pyridine rings is 1. The number of primary amides is 1. The second-order valence-electron chi connectivity index (χ2n) is 5.47. The highest BCUT2D eigenvalue weighted by molar-refractivity contribution is 5.82. The van der Waals surface area contributed by atoms with Crippen LogP contribution in [0.25, 0.3) is 10.9 Å². The first-order valence-corrected chi connectivity index (χ1v) is 7.39. The molecule has 0 saturated carbocycles. The van der Waals surface area contributed by atoms with Gasteiger partial charge in [0.2, 0.25) is 0 Å². The van der Waals surface area contributed by atoms with E-state index in [9.17, 15) is 14.9 Å². The van der Waals surface area contributed by atoms with Crippen LogP contribution in [0.4, 0.5) is 16.3 Å². The van der Waals surface area contributed by atoms with E-state index < -0.39 is 11.0 Å². The zero-order valence-corrected chi connectivity index (χ0v) is 12.5. The highest BCUT2D eigenvalue weighted by Gasteiger charge is 2.18. The van der Waals surface area contributed by atoms with E-state index in [1.54, 1.807) is 11.0 Å². The van der Waals surface area contributed by atoms with Crippen molar-refractivity contribution >= 4 is 28.4 Å². The summed E-state index contributed by atoms with van der Waals surface area (Å²) in [4.78, 5) is 30.0. The summed E-state index contributed by atoms with van der Waals surface area (Å²) in [7, 11) is 0. The molecule has 0 bridgehead atoms. The maximum absolute atomic E-state index is 11.3. The summed E-state index contributed by atoms with van der Waals surface area (Å²) in [6.45, 7) is 2.66. The third-order valence-corrected chi connectivity index (χ3v) is 4.00. The number of carbonyl (C=O) groups excluding carboxylic acids is 1. The molecule has 1 aliphatic rings. The molecule has 120 valence electrons. The van der Waals surface area contributed by atoms with E-state index in [1.807, 2.05) is 12.1 Å². The number of aromatic nitrogens is 1. The Kier molecular flexibility index (Phi) is 3.96. The highest BCUT2D eigenvalue weighted by Crippen LogP contribution is 2.23. The normalized spacial score (nSPS) is 15.5. The number of hydrogen-bond donors (Lipinski definition) is 1. The van der Waals surface area contributed by atoms with Gasteiger partial charge in [0.1, 0.15) is 5.82 Å². The minimum atomic E-state index is -0.416. The lowest BCUT2D eigenvalue weighted by atomic mass is 10.2. The van der Waals surface area contributed by atoms with Crippen molar-refractivity contribution in [2.24, 2.45) is 5.73 Å². The van der Waals surface area contributed by atoms with Gasteiger partial charge in [-0.25, -0.2) is 9.78 Å². The minimum absolute atomic E-state index is 0.0546. The fraction of sp³-hybridized carbons (Fsp3) is 0.333. The van der Waals surface area contributed by atoms with E-state index in [0.717, 1.165) is 24.2 Å². The maximum atomic E-state index is 11.3. The van der Waals surface area contributed by atoms with E-state index in [4.69, 9.17) is 5.73 Å². The van der Waals surface area contributed by atoms with Crippen molar-refractivity contribution in [1.82, 2.24) is 9.88 Å². The number of benzene rings is 1. The molecule has 2 heterocycles. The van der Waals surface area contributed by atoms with Crippen molar-refractivity contribution < 1.29 is 9.72 Å². The van der Waals surface area contributed by atoms with Crippen molar-refractivity contribution in [2.75, 3.05) is 31.1 Å². The Morgan fingerprint density at radius 1 is 1.17 bits per heavy atom. The van der Waals surface area contributed by atoms with Crippen LogP contribution < -0.4 is 10.6 Å². The first-order valence-electron chi connectivity index (χ1n) is 7.39. The number of nitrogens with zero attached hydrogens (tertiary/aromatic N) is 4. The molecule has 8 nitrogen and oxygen atoms in total. The van der Waals surface area contributed by atoms with Crippen molar-refractivity contribution in [1.29, 1.82) is 0 Å². The topological polar surface area (TPSA) is 106 Å². The fourth-order valence-electron chi connectivity index (χ4n) is 2.76. The van der Waals surface area contributed by atoms with Crippen LogP contribution in [0.5, 0.6) is 0 Å². The first-order chi connectivity index (χ1) is 11.0. The molecule has 3 rings (SSSR count). The summed E-state index contributed by atoms with van der Waals surface area (Å²) < 4.78 is 0. The predicted molar refractivity (Wildman–Crippen MR) is 86.4 cm³/mol. The van der Waals surface area contributed by atoms with Gasteiger partial charge in [0.25, 0.3) is 5.69 Å². The number of fused-ring (bicyclic) bond motifs is 1. The van der Waals surface area contributed by atoms with Gasteiger partial charge in [0.05, 0.1) is 10.4 Å². The number of amides is 2. The molecule has 1 fully saturated rings. The van der Waals surface area contributed by atoms with Gasteiger partial charge in [0, 0.05) is 43.7 Å². The molecular weight excluding hydrogens is 298 g/mol. The summed E-state index contributed by atoms with van der Waals surface area (Å²) in [5, 5.41) is 11.6. The van der Waals surface area contributed by atoms with E-state index in [2.05, 4.69) is 9.88 Å². The Bertz CT molecular complexity index is 764. The van der Waals surface area contributed by atoms with E-state index in [1.165, 1.54) is 12.1 Å². The Hall–Kier alpha value is -2.90. The molecule has 8 heteroatoms. The molecule has 0 atom stereocenters. The number of urea groups is 1. The number of rotatable bonds is 2. The molecule has 2 amide bonds. The zero-order chi connectivity index (χ0) is 16.4. The molecule has 1 saturated heterocycles. The maximum Gasteiger partial charge on any atom is 0.314 e. The van der Waals surface area contributed by atoms with Crippen LogP contribution in [0.15, 0.2) is 30.3 Å². The molecule has 2 N–H and O–H groups in total. The van der Waals surface area contributed by atoms with Gasteiger partial charge >= 0.3 is 6.03 Å². The fourth-order valence-corrected chi connectivity index (χ4v) is 2.76. The Morgan fingerprint density at radius 2 is 2.00 bits per heavy atom. The van der Waals surface area contributed by atoms with Gasteiger partial charge in [-0.2, -0.15) is 0 Å². The Balaban J connectivity index is 1.84. The van der Waals surface area contributed by atoms with Crippen molar-refractivity contribution in [3.8, 4) is 0 Å². The van der Waals surface area contributed by atoms with Crippen molar-refractivity contribution in [3.63, 3.8) is 0 Å². The van der Waals surface area contributed by atoms with Crippen LogP contribution in [0.2, 0.25) is 0 Å². The highest BCUT2D eigenvalue weighted by atomic mass is 16.6. The van der Waals surface area contributed by atoms with Crippen LogP contribution >= 0.6 is 0 Å². The van der Waals surface area contributed by atoms with Gasteiger partial charge in [-0.3, -0.25) is 10.1 Å². The number of nitro benzene ring substituents is 1. The molecule has 0 spiro atoms. The lowest BCUT2D eigenvalue weighted by Crippen LogP contribution is -2.38. The average molecular weight is 315 g/mol. The van der Waals surface area contributed by atoms with Crippen LogP contribution in [0.1, 0.15) is 6.42 Å². The number of hydrogen-bond acceptors (Lipinski definition) is 5. The summed E-state index contributed by atoms with van der Waals surface area (Å²) in [5.74, 6) is 0.803. The number of carbonyl (C=O) groups is 1. The van der Waals surface area contributed by atoms with Crippen molar-refractivity contribution in [2.45, 2.75) is 6.42 Å². The molecule has 1 aliphatic heterocycles. The largest absolute Gasteiger partial charge is 0.355 e. The molecule has 2 aromatic rings. The smallest absolute Gasteiger partial charge is 0.314 e. The first kappa shape index (κ1) is 15.0. The van der Waals surface area contributed by atoms with Gasteiger partial charge in [-0.1, -0.05) is 0 Å². The molecule has 1 aromatic carbocycles. The zero-order valence-electron chi connectivity index (χ0n) is 12.5. The van der Waals surface area contributed by atoms with E-state index in [-0.39, 0.29) is 5.69 Å². The monoisotopic (exact) mass is 315 g/mol. The number of nitrogens with two attached hydrogens (primary N) is 1. The molecule has 1 aromatic heterocycles. The quantitative estimate of drug-likeness (QED) is 0.671. The lowest BCUT2D eigenvalue weighted by molar-refractivity contribution is -0.384. The van der Waals surface area contributed by atoms with Crippen LogP contribution in [-0.2, 0) is 0 Å². The van der Waals surface area contributed by atoms with E-state index in [0.29, 0.717) is 25.2 Å². The third kappa shape index (κ3) is 3.15. The molecule has 0 aliphatic carbocycles. The molecule has 0 radical (unpaired) electrons. The van der Waals surface area contributed by atoms with E-state index >= 15 is 0 Å². The minimum Gasteiger partial charge on any atom is -0.355 e.